The fraction of sp³-hybridized carbons (Fsp3) is 0.667. The Hall–Kier alpha value is -1.42. The molecule has 0 aromatic heterocycles. The summed E-state index contributed by atoms with van der Waals surface area (Å²) >= 11 is 0. The highest BCUT2D eigenvalue weighted by Crippen LogP contribution is 2.39. The molecule has 1 amide bonds. The van der Waals surface area contributed by atoms with Gasteiger partial charge in [0.2, 0.25) is 5.91 Å². The average Bonchev–Trinajstić information content (AvgIpc) is 3.12. The number of aryl methyl sites for hydroxylation is 2. The third-order valence-electron chi connectivity index (χ3n) is 6.56. The maximum Gasteiger partial charge on any atom is 0.223 e. The molecule has 0 radical (unpaired) electrons. The number of fused-ring (bicyclic) bond motifs is 1. The van der Waals surface area contributed by atoms with Gasteiger partial charge in [0.25, 0.3) is 0 Å². The molecule has 1 unspecified atom stereocenters. The molecule has 1 spiro atoms. The van der Waals surface area contributed by atoms with Crippen molar-refractivity contribution in [1.82, 2.24) is 9.80 Å². The van der Waals surface area contributed by atoms with Crippen LogP contribution in [0.5, 0.6) is 0 Å². The number of alkyl halides is 1. The molecule has 2 heterocycles. The predicted octanol–water partition coefficient (Wildman–Crippen LogP) is 3.49. The maximum atomic E-state index is 12.9. The van der Waals surface area contributed by atoms with E-state index in [1.54, 1.807) is 5.56 Å². The van der Waals surface area contributed by atoms with E-state index in [1.165, 1.54) is 30.4 Å². The third kappa shape index (κ3) is 3.33. The molecule has 2 aliphatic heterocycles. The van der Waals surface area contributed by atoms with Gasteiger partial charge in [-0.1, -0.05) is 18.2 Å². The molecular weight excluding hydrogens is 315 g/mol. The molecule has 3 aliphatic rings. The van der Waals surface area contributed by atoms with Gasteiger partial charge in [-0.15, -0.1) is 0 Å². The first kappa shape index (κ1) is 17.0. The molecule has 3 nitrogen and oxygen atoms in total. The summed E-state index contributed by atoms with van der Waals surface area (Å²) in [7, 11) is 0. The Morgan fingerprint density at radius 1 is 1.00 bits per heavy atom. The van der Waals surface area contributed by atoms with Gasteiger partial charge >= 0.3 is 0 Å². The quantitative estimate of drug-likeness (QED) is 0.835. The molecule has 136 valence electrons. The SMILES string of the molecule is O=C1CCC2(CCCN(Cc3ccc4c(c3)CCC4)CC2)N1CCF. The number of hydrogen-bond acceptors (Lipinski definition) is 2. The van der Waals surface area contributed by atoms with E-state index in [0.717, 1.165) is 45.3 Å². The molecule has 0 saturated carbocycles. The largest absolute Gasteiger partial charge is 0.334 e. The number of rotatable bonds is 4. The number of carbonyl (C=O) groups excluding carboxylic acids is 1. The molecule has 0 bridgehead atoms. The minimum absolute atomic E-state index is 0.0736. The Balaban J connectivity index is 1.42. The minimum Gasteiger partial charge on any atom is -0.334 e. The second kappa shape index (κ2) is 7.06. The van der Waals surface area contributed by atoms with Crippen LogP contribution in [0.15, 0.2) is 18.2 Å². The van der Waals surface area contributed by atoms with Gasteiger partial charge < -0.3 is 4.90 Å². The van der Waals surface area contributed by atoms with Gasteiger partial charge in [-0.25, -0.2) is 4.39 Å². The Bertz CT molecular complexity index is 647. The lowest BCUT2D eigenvalue weighted by Gasteiger charge is -2.37. The van der Waals surface area contributed by atoms with Crippen LogP contribution in [-0.4, -0.2) is 47.6 Å². The zero-order valence-electron chi connectivity index (χ0n) is 15.1. The summed E-state index contributed by atoms with van der Waals surface area (Å²) < 4.78 is 12.9. The van der Waals surface area contributed by atoms with Gasteiger partial charge in [0.15, 0.2) is 0 Å². The third-order valence-corrected chi connectivity index (χ3v) is 6.56. The van der Waals surface area contributed by atoms with E-state index in [2.05, 4.69) is 23.1 Å². The minimum atomic E-state index is -0.424. The number of carbonyl (C=O) groups is 1. The summed E-state index contributed by atoms with van der Waals surface area (Å²) in [6.07, 6.45) is 8.39. The van der Waals surface area contributed by atoms with E-state index < -0.39 is 6.67 Å². The topological polar surface area (TPSA) is 23.6 Å². The number of nitrogens with zero attached hydrogens (tertiary/aromatic N) is 2. The highest BCUT2D eigenvalue weighted by atomic mass is 19.1. The van der Waals surface area contributed by atoms with Gasteiger partial charge in [-0.3, -0.25) is 9.69 Å². The van der Waals surface area contributed by atoms with Crippen molar-refractivity contribution in [3.05, 3.63) is 34.9 Å². The van der Waals surface area contributed by atoms with Crippen molar-refractivity contribution in [3.8, 4) is 0 Å². The summed E-state index contributed by atoms with van der Waals surface area (Å²) in [5.74, 6) is 0.157. The molecular formula is C21H29FN2O. The Kier molecular flexibility index (Phi) is 4.81. The fourth-order valence-electron chi connectivity index (χ4n) is 5.21. The van der Waals surface area contributed by atoms with Crippen LogP contribution < -0.4 is 0 Å². The van der Waals surface area contributed by atoms with Crippen molar-refractivity contribution in [2.75, 3.05) is 26.3 Å². The molecule has 2 saturated heterocycles. The lowest BCUT2D eigenvalue weighted by atomic mass is 9.88. The molecule has 25 heavy (non-hydrogen) atoms. The number of amides is 1. The van der Waals surface area contributed by atoms with Gasteiger partial charge in [0.1, 0.15) is 6.67 Å². The number of halogens is 1. The molecule has 1 atom stereocenters. The van der Waals surface area contributed by atoms with Crippen molar-refractivity contribution in [2.45, 2.75) is 63.5 Å². The van der Waals surface area contributed by atoms with Crippen LogP contribution in [0.25, 0.3) is 0 Å². The molecule has 1 aromatic carbocycles. The number of benzene rings is 1. The zero-order chi connectivity index (χ0) is 17.3. The van der Waals surface area contributed by atoms with Crippen LogP contribution >= 0.6 is 0 Å². The number of likely N-dealkylation sites (tertiary alicyclic amines) is 2. The summed E-state index contributed by atoms with van der Waals surface area (Å²) in [4.78, 5) is 16.6. The van der Waals surface area contributed by atoms with Crippen molar-refractivity contribution in [3.63, 3.8) is 0 Å². The van der Waals surface area contributed by atoms with Crippen LogP contribution in [0, 0.1) is 0 Å². The molecule has 1 aromatic rings. The van der Waals surface area contributed by atoms with Crippen molar-refractivity contribution >= 4 is 5.91 Å². The maximum absolute atomic E-state index is 12.9. The second-order valence-electron chi connectivity index (χ2n) is 8.05. The van der Waals surface area contributed by atoms with Gasteiger partial charge in [0.05, 0.1) is 0 Å². The van der Waals surface area contributed by atoms with Crippen molar-refractivity contribution < 1.29 is 9.18 Å². The van der Waals surface area contributed by atoms with Crippen LogP contribution in [-0.2, 0) is 24.2 Å². The smallest absolute Gasteiger partial charge is 0.223 e. The highest BCUT2D eigenvalue weighted by molar-refractivity contribution is 5.79. The van der Waals surface area contributed by atoms with Gasteiger partial charge in [-0.2, -0.15) is 0 Å². The van der Waals surface area contributed by atoms with E-state index in [1.807, 2.05) is 4.90 Å². The lowest BCUT2D eigenvalue weighted by molar-refractivity contribution is -0.131. The molecule has 0 N–H and O–H groups in total. The van der Waals surface area contributed by atoms with E-state index >= 15 is 0 Å². The highest BCUT2D eigenvalue weighted by Gasteiger charge is 2.45. The molecule has 4 heteroatoms. The van der Waals surface area contributed by atoms with E-state index in [9.17, 15) is 9.18 Å². The zero-order valence-corrected chi connectivity index (χ0v) is 15.1. The summed E-state index contributed by atoms with van der Waals surface area (Å²) in [6.45, 7) is 2.94. The van der Waals surface area contributed by atoms with Crippen molar-refractivity contribution in [1.29, 1.82) is 0 Å². The standard InChI is InChI=1S/C21H29FN2O/c22-11-14-24-20(25)7-9-21(24)8-2-12-23(13-10-21)16-17-5-6-18-3-1-4-19(18)15-17/h5-6,15H,1-4,7-14,16H2. The van der Waals surface area contributed by atoms with Crippen LogP contribution in [0.3, 0.4) is 0 Å². The molecule has 4 rings (SSSR count). The Labute approximate surface area is 150 Å². The normalized spacial score (nSPS) is 27.1. The van der Waals surface area contributed by atoms with Gasteiger partial charge in [-0.05, 0) is 68.2 Å². The first-order valence-electron chi connectivity index (χ1n) is 9.90. The summed E-state index contributed by atoms with van der Waals surface area (Å²) in [6, 6.07) is 7.01. The lowest BCUT2D eigenvalue weighted by Crippen LogP contribution is -2.47. The van der Waals surface area contributed by atoms with Crippen molar-refractivity contribution in [2.24, 2.45) is 0 Å². The Morgan fingerprint density at radius 3 is 2.76 bits per heavy atom. The van der Waals surface area contributed by atoms with E-state index in [-0.39, 0.29) is 18.0 Å². The first-order valence-corrected chi connectivity index (χ1v) is 9.90. The van der Waals surface area contributed by atoms with Crippen LogP contribution in [0.2, 0.25) is 0 Å². The van der Waals surface area contributed by atoms with E-state index in [0.29, 0.717) is 6.42 Å². The van der Waals surface area contributed by atoms with E-state index in [4.69, 9.17) is 0 Å². The monoisotopic (exact) mass is 344 g/mol. The van der Waals surface area contributed by atoms with Crippen LogP contribution in [0.4, 0.5) is 4.39 Å². The van der Waals surface area contributed by atoms with Crippen LogP contribution in [0.1, 0.15) is 55.2 Å². The second-order valence-corrected chi connectivity index (χ2v) is 8.05. The predicted molar refractivity (Wildman–Crippen MR) is 97.2 cm³/mol. The fourth-order valence-corrected chi connectivity index (χ4v) is 5.21. The Morgan fingerprint density at radius 2 is 1.88 bits per heavy atom. The summed E-state index contributed by atoms with van der Waals surface area (Å²) in [5.41, 5.74) is 4.42. The van der Waals surface area contributed by atoms with Gasteiger partial charge in [0, 0.05) is 31.6 Å². The number of hydrogen-bond donors (Lipinski definition) is 0. The molecule has 1 aliphatic carbocycles. The summed E-state index contributed by atoms with van der Waals surface area (Å²) in [5, 5.41) is 0. The molecule has 2 fully saturated rings. The first-order chi connectivity index (χ1) is 12.2. The average molecular weight is 344 g/mol.